The minimum absolute atomic E-state index is 0.0103. The van der Waals surface area contributed by atoms with E-state index in [-0.39, 0.29) is 17.2 Å². The molecule has 4 nitrogen and oxygen atoms in total. The fraction of sp³-hybridized carbons (Fsp3) is 0.583. The number of nitrogen functional groups attached to an aromatic ring is 1. The lowest BCUT2D eigenvalue weighted by molar-refractivity contribution is -0.137. The zero-order valence-electron chi connectivity index (χ0n) is 10.8. The molecule has 0 amide bonds. The Bertz CT molecular complexity index is 467. The van der Waals surface area contributed by atoms with Gasteiger partial charge < -0.3 is 10.7 Å². The number of nitrogens with one attached hydrogen (secondary N) is 2. The highest BCUT2D eigenvalue weighted by molar-refractivity contribution is 5.50. The molecule has 0 atom stereocenters. The number of rotatable bonds is 4. The summed E-state index contributed by atoms with van der Waals surface area (Å²) >= 11 is 0. The summed E-state index contributed by atoms with van der Waals surface area (Å²) < 4.78 is 38.3. The Labute approximate surface area is 109 Å². The van der Waals surface area contributed by atoms with Crippen molar-refractivity contribution in [2.75, 3.05) is 10.7 Å². The van der Waals surface area contributed by atoms with Crippen LogP contribution in [-0.4, -0.2) is 10.5 Å². The Morgan fingerprint density at radius 3 is 2.26 bits per heavy atom. The van der Waals surface area contributed by atoms with E-state index in [4.69, 9.17) is 5.84 Å². The highest BCUT2D eigenvalue weighted by atomic mass is 19.4. The van der Waals surface area contributed by atoms with Crippen molar-refractivity contribution in [3.63, 3.8) is 0 Å². The molecule has 0 aromatic carbocycles. The lowest BCUT2D eigenvalue weighted by atomic mass is 9.99. The second-order valence-electron chi connectivity index (χ2n) is 5.39. The molecule has 1 heterocycles. The van der Waals surface area contributed by atoms with Gasteiger partial charge in [-0.05, 0) is 44.7 Å². The van der Waals surface area contributed by atoms with Crippen molar-refractivity contribution in [2.24, 2.45) is 11.8 Å². The van der Waals surface area contributed by atoms with Gasteiger partial charge in [0.05, 0.1) is 5.56 Å². The number of hydrogen-bond acceptors (Lipinski definition) is 4. The molecule has 0 bridgehead atoms. The zero-order chi connectivity index (χ0) is 14.3. The molecular weight excluding hydrogens is 257 g/mol. The maximum absolute atomic E-state index is 12.8. The molecule has 0 radical (unpaired) electrons. The van der Waals surface area contributed by atoms with Crippen LogP contribution >= 0.6 is 0 Å². The highest BCUT2D eigenvalue weighted by Gasteiger charge is 2.38. The van der Waals surface area contributed by atoms with Gasteiger partial charge in [-0.15, -0.1) is 0 Å². The SMILES string of the molecule is CC(C)(Nc1cc(C(F)(F)F)cc(NN)n1)C1CC1. The first-order valence-corrected chi connectivity index (χ1v) is 6.06. The number of nitrogens with two attached hydrogens (primary N) is 1. The summed E-state index contributed by atoms with van der Waals surface area (Å²) in [5, 5.41) is 3.06. The minimum Gasteiger partial charge on any atom is -0.365 e. The zero-order valence-corrected chi connectivity index (χ0v) is 10.8. The van der Waals surface area contributed by atoms with Crippen LogP contribution in [0.3, 0.4) is 0 Å². The molecule has 19 heavy (non-hydrogen) atoms. The molecular formula is C12H17F3N4. The number of pyridine rings is 1. The van der Waals surface area contributed by atoms with Crippen LogP contribution in [0.1, 0.15) is 32.3 Å². The number of alkyl halides is 3. The third-order valence-electron chi connectivity index (χ3n) is 3.35. The maximum Gasteiger partial charge on any atom is 0.416 e. The van der Waals surface area contributed by atoms with E-state index < -0.39 is 11.7 Å². The number of hydrogen-bond donors (Lipinski definition) is 3. The first kappa shape index (κ1) is 13.9. The van der Waals surface area contributed by atoms with Crippen LogP contribution in [0.5, 0.6) is 0 Å². The largest absolute Gasteiger partial charge is 0.416 e. The van der Waals surface area contributed by atoms with Crippen LogP contribution in [-0.2, 0) is 6.18 Å². The van der Waals surface area contributed by atoms with Gasteiger partial charge in [0.1, 0.15) is 11.6 Å². The van der Waals surface area contributed by atoms with Gasteiger partial charge >= 0.3 is 6.18 Å². The lowest BCUT2D eigenvalue weighted by Crippen LogP contribution is -2.34. The molecule has 0 unspecified atom stereocenters. The van der Waals surface area contributed by atoms with Crippen molar-refractivity contribution < 1.29 is 13.2 Å². The molecule has 1 saturated carbocycles. The first-order valence-electron chi connectivity index (χ1n) is 6.06. The molecule has 0 aliphatic heterocycles. The van der Waals surface area contributed by atoms with E-state index in [1.165, 1.54) is 0 Å². The number of anilines is 2. The second kappa shape index (κ2) is 4.56. The van der Waals surface area contributed by atoms with Gasteiger partial charge in [0.25, 0.3) is 0 Å². The van der Waals surface area contributed by atoms with Gasteiger partial charge in [-0.2, -0.15) is 13.2 Å². The molecule has 1 aliphatic carbocycles. The summed E-state index contributed by atoms with van der Waals surface area (Å²) in [5.74, 6) is 5.80. The van der Waals surface area contributed by atoms with E-state index in [0.717, 1.165) is 25.0 Å². The average molecular weight is 274 g/mol. The van der Waals surface area contributed by atoms with E-state index in [0.29, 0.717) is 5.92 Å². The van der Waals surface area contributed by atoms with Crippen LogP contribution in [0.15, 0.2) is 12.1 Å². The fourth-order valence-electron chi connectivity index (χ4n) is 2.07. The fourth-order valence-corrected chi connectivity index (χ4v) is 2.07. The predicted molar refractivity (Wildman–Crippen MR) is 67.5 cm³/mol. The lowest BCUT2D eigenvalue weighted by Gasteiger charge is -2.27. The summed E-state index contributed by atoms with van der Waals surface area (Å²) in [5.41, 5.74) is 1.11. The molecule has 7 heteroatoms. The van der Waals surface area contributed by atoms with Crippen molar-refractivity contribution in [3.05, 3.63) is 17.7 Å². The van der Waals surface area contributed by atoms with Crippen molar-refractivity contribution in [2.45, 2.75) is 38.4 Å². The van der Waals surface area contributed by atoms with Crippen molar-refractivity contribution in [1.82, 2.24) is 4.98 Å². The molecule has 1 aromatic rings. The third kappa shape index (κ3) is 3.28. The van der Waals surface area contributed by atoms with E-state index in [9.17, 15) is 13.2 Å². The summed E-state index contributed by atoms with van der Waals surface area (Å²) in [6.45, 7) is 3.92. The predicted octanol–water partition coefficient (Wildman–Crippen LogP) is 2.99. The first-order chi connectivity index (χ1) is 8.72. The van der Waals surface area contributed by atoms with E-state index in [2.05, 4.69) is 15.7 Å². The molecule has 1 aromatic heterocycles. The standard InChI is InChI=1S/C12H17F3N4/c1-11(2,7-3-4-7)18-9-5-8(12(13,14)15)6-10(17-9)19-16/h5-7H,3-4,16H2,1-2H3,(H2,17,18,19). The highest BCUT2D eigenvalue weighted by Crippen LogP contribution is 2.41. The number of aromatic nitrogens is 1. The molecule has 1 fully saturated rings. The molecule has 1 aliphatic rings. The maximum atomic E-state index is 12.8. The van der Waals surface area contributed by atoms with Crippen molar-refractivity contribution >= 4 is 11.6 Å². The molecule has 2 rings (SSSR count). The normalized spacial score (nSPS) is 16.3. The summed E-state index contributed by atoms with van der Waals surface area (Å²) in [4.78, 5) is 4.01. The Hall–Kier alpha value is -1.50. The summed E-state index contributed by atoms with van der Waals surface area (Å²) in [6.07, 6.45) is -2.25. The molecule has 106 valence electrons. The second-order valence-corrected chi connectivity index (χ2v) is 5.39. The monoisotopic (exact) mass is 274 g/mol. The van der Waals surface area contributed by atoms with E-state index in [1.807, 2.05) is 13.8 Å². The molecule has 4 N–H and O–H groups in total. The van der Waals surface area contributed by atoms with Crippen LogP contribution in [0, 0.1) is 5.92 Å². The Morgan fingerprint density at radius 2 is 1.79 bits per heavy atom. The average Bonchev–Trinajstić information content (AvgIpc) is 3.10. The number of nitrogens with zero attached hydrogens (tertiary/aromatic N) is 1. The van der Waals surface area contributed by atoms with Crippen LogP contribution in [0.25, 0.3) is 0 Å². The minimum atomic E-state index is -4.42. The Kier molecular flexibility index (Phi) is 3.34. The Balaban J connectivity index is 2.29. The molecule has 0 spiro atoms. The smallest absolute Gasteiger partial charge is 0.365 e. The van der Waals surface area contributed by atoms with Crippen LogP contribution < -0.4 is 16.6 Å². The summed E-state index contributed by atoms with van der Waals surface area (Å²) in [7, 11) is 0. The van der Waals surface area contributed by atoms with Gasteiger partial charge in [-0.1, -0.05) is 0 Å². The van der Waals surface area contributed by atoms with Gasteiger partial charge in [-0.3, -0.25) is 0 Å². The van der Waals surface area contributed by atoms with Gasteiger partial charge in [0.2, 0.25) is 0 Å². The molecule has 0 saturated heterocycles. The quantitative estimate of drug-likeness (QED) is 0.583. The summed E-state index contributed by atoms with van der Waals surface area (Å²) in [6, 6.07) is 1.89. The van der Waals surface area contributed by atoms with Gasteiger partial charge in [0.15, 0.2) is 0 Å². The number of hydrazine groups is 1. The van der Waals surface area contributed by atoms with Gasteiger partial charge in [0, 0.05) is 5.54 Å². The van der Waals surface area contributed by atoms with E-state index in [1.54, 1.807) is 0 Å². The van der Waals surface area contributed by atoms with Crippen LogP contribution in [0.4, 0.5) is 24.8 Å². The Morgan fingerprint density at radius 1 is 1.21 bits per heavy atom. The van der Waals surface area contributed by atoms with E-state index >= 15 is 0 Å². The van der Waals surface area contributed by atoms with Crippen molar-refractivity contribution in [1.29, 1.82) is 0 Å². The van der Waals surface area contributed by atoms with Gasteiger partial charge in [-0.25, -0.2) is 10.8 Å². The number of halogens is 3. The topological polar surface area (TPSA) is 63.0 Å². The van der Waals surface area contributed by atoms with Crippen LogP contribution in [0.2, 0.25) is 0 Å². The van der Waals surface area contributed by atoms with Crippen molar-refractivity contribution in [3.8, 4) is 0 Å². The third-order valence-corrected chi connectivity index (χ3v) is 3.35.